The lowest BCUT2D eigenvalue weighted by atomic mass is 10.1. The molecule has 8 nitrogen and oxygen atoms in total. The van der Waals surface area contributed by atoms with Gasteiger partial charge in [-0.25, -0.2) is 4.39 Å². The molecule has 1 N–H and O–H groups in total. The van der Waals surface area contributed by atoms with E-state index >= 15 is 0 Å². The van der Waals surface area contributed by atoms with Crippen molar-refractivity contribution in [2.24, 2.45) is 5.92 Å². The number of rotatable bonds is 5. The van der Waals surface area contributed by atoms with Crippen LogP contribution in [0.15, 0.2) is 42.5 Å². The molecule has 1 saturated carbocycles. The number of halogens is 1. The highest BCUT2D eigenvalue weighted by Crippen LogP contribution is 2.32. The number of morpholine rings is 1. The first kappa shape index (κ1) is 23.3. The summed E-state index contributed by atoms with van der Waals surface area (Å²) < 4.78 is 19.5. The van der Waals surface area contributed by atoms with Gasteiger partial charge in [-0.3, -0.25) is 14.4 Å². The molecule has 2 aromatic rings. The third-order valence-electron chi connectivity index (χ3n) is 6.75. The highest BCUT2D eigenvalue weighted by Gasteiger charge is 2.31. The fourth-order valence-electron chi connectivity index (χ4n) is 4.54. The molecule has 2 heterocycles. The molecule has 0 aromatic heterocycles. The van der Waals surface area contributed by atoms with Gasteiger partial charge >= 0.3 is 0 Å². The van der Waals surface area contributed by atoms with Crippen LogP contribution < -0.4 is 10.2 Å². The number of anilines is 2. The molecule has 5 rings (SSSR count). The third-order valence-corrected chi connectivity index (χ3v) is 6.75. The van der Waals surface area contributed by atoms with Crippen molar-refractivity contribution in [2.45, 2.75) is 12.8 Å². The summed E-state index contributed by atoms with van der Waals surface area (Å²) in [7, 11) is 0. The van der Waals surface area contributed by atoms with Gasteiger partial charge in [-0.15, -0.1) is 0 Å². The second kappa shape index (κ2) is 10.0. The van der Waals surface area contributed by atoms with E-state index in [9.17, 15) is 18.8 Å². The largest absolute Gasteiger partial charge is 0.378 e. The Morgan fingerprint density at radius 2 is 1.49 bits per heavy atom. The molecular weight excluding hydrogens is 451 g/mol. The summed E-state index contributed by atoms with van der Waals surface area (Å²) in [6.07, 6.45) is 1.80. The molecule has 1 aliphatic carbocycles. The molecule has 0 atom stereocenters. The van der Waals surface area contributed by atoms with Crippen LogP contribution in [-0.2, 0) is 9.53 Å². The summed E-state index contributed by atoms with van der Waals surface area (Å²) in [6.45, 7) is 3.88. The molecule has 0 bridgehead atoms. The molecule has 0 radical (unpaired) electrons. The summed E-state index contributed by atoms with van der Waals surface area (Å²) in [6, 6.07) is 11.4. The zero-order valence-corrected chi connectivity index (χ0v) is 19.5. The Hall–Kier alpha value is -3.46. The molecular formula is C26H29FN4O4. The fraction of sp³-hybridized carbons (Fsp3) is 0.423. The Labute approximate surface area is 203 Å². The number of carbonyl (C=O) groups is 3. The minimum Gasteiger partial charge on any atom is -0.378 e. The number of nitrogens with one attached hydrogen (secondary N) is 1. The summed E-state index contributed by atoms with van der Waals surface area (Å²) >= 11 is 0. The van der Waals surface area contributed by atoms with Crippen LogP contribution in [0.4, 0.5) is 15.8 Å². The minimum atomic E-state index is -0.526. The summed E-state index contributed by atoms with van der Waals surface area (Å²) in [4.78, 5) is 44.0. The Bertz CT molecular complexity index is 1120. The molecule has 0 spiro atoms. The summed E-state index contributed by atoms with van der Waals surface area (Å²) in [5.74, 6) is -0.903. The van der Waals surface area contributed by atoms with Gasteiger partial charge in [0.05, 0.1) is 24.3 Å². The highest BCUT2D eigenvalue weighted by molar-refractivity contribution is 6.02. The van der Waals surface area contributed by atoms with Crippen LogP contribution in [0.25, 0.3) is 0 Å². The van der Waals surface area contributed by atoms with E-state index < -0.39 is 5.82 Å². The molecule has 3 amide bonds. The maximum atomic E-state index is 14.1. The van der Waals surface area contributed by atoms with Crippen molar-refractivity contribution in [3.05, 3.63) is 59.4 Å². The van der Waals surface area contributed by atoms with Crippen molar-refractivity contribution in [3.63, 3.8) is 0 Å². The number of nitrogens with zero attached hydrogens (tertiary/aromatic N) is 3. The topological polar surface area (TPSA) is 82.2 Å². The van der Waals surface area contributed by atoms with E-state index in [2.05, 4.69) is 10.2 Å². The Morgan fingerprint density at radius 3 is 2.17 bits per heavy atom. The predicted molar refractivity (Wildman–Crippen MR) is 129 cm³/mol. The number of hydrogen-bond acceptors (Lipinski definition) is 5. The van der Waals surface area contributed by atoms with Crippen LogP contribution in [0.5, 0.6) is 0 Å². The van der Waals surface area contributed by atoms with Crippen LogP contribution in [0, 0.1) is 11.7 Å². The average Bonchev–Trinajstić information content (AvgIpc) is 3.75. The normalized spacial score (nSPS) is 18.4. The van der Waals surface area contributed by atoms with Crippen LogP contribution in [-0.4, -0.2) is 80.0 Å². The summed E-state index contributed by atoms with van der Waals surface area (Å²) in [5, 5.41) is 2.94. The lowest BCUT2D eigenvalue weighted by Crippen LogP contribution is -2.49. The van der Waals surface area contributed by atoms with Gasteiger partial charge in [0.1, 0.15) is 5.82 Å². The van der Waals surface area contributed by atoms with E-state index in [0.717, 1.165) is 18.5 Å². The first-order valence-corrected chi connectivity index (χ1v) is 12.1. The van der Waals surface area contributed by atoms with Crippen LogP contribution >= 0.6 is 0 Å². The second-order valence-electron chi connectivity index (χ2n) is 9.16. The van der Waals surface area contributed by atoms with Crippen LogP contribution in [0.2, 0.25) is 0 Å². The molecule has 35 heavy (non-hydrogen) atoms. The highest BCUT2D eigenvalue weighted by atomic mass is 19.1. The smallest absolute Gasteiger partial charge is 0.256 e. The van der Waals surface area contributed by atoms with Crippen molar-refractivity contribution in [1.82, 2.24) is 9.80 Å². The quantitative estimate of drug-likeness (QED) is 0.712. The Morgan fingerprint density at radius 1 is 0.829 bits per heavy atom. The summed E-state index contributed by atoms with van der Waals surface area (Å²) in [5.41, 5.74) is 1.97. The van der Waals surface area contributed by atoms with Crippen molar-refractivity contribution < 1.29 is 23.5 Å². The van der Waals surface area contributed by atoms with Crippen molar-refractivity contribution in [1.29, 1.82) is 0 Å². The number of amides is 3. The number of piperazine rings is 1. The van der Waals surface area contributed by atoms with Crippen molar-refractivity contribution in [3.8, 4) is 0 Å². The molecule has 2 aliphatic heterocycles. The first-order chi connectivity index (χ1) is 17.0. The first-order valence-electron chi connectivity index (χ1n) is 12.1. The van der Waals surface area contributed by atoms with E-state index in [4.69, 9.17) is 4.74 Å². The number of carbonyl (C=O) groups excluding carboxylic acids is 3. The predicted octanol–water partition coefficient (Wildman–Crippen LogP) is 2.61. The van der Waals surface area contributed by atoms with Gasteiger partial charge in [0.2, 0.25) is 5.91 Å². The second-order valence-corrected chi connectivity index (χ2v) is 9.16. The maximum absolute atomic E-state index is 14.1. The van der Waals surface area contributed by atoms with Gasteiger partial charge in [0.15, 0.2) is 0 Å². The van der Waals surface area contributed by atoms with Gasteiger partial charge < -0.3 is 24.8 Å². The average molecular weight is 481 g/mol. The number of benzene rings is 2. The van der Waals surface area contributed by atoms with E-state index in [-0.39, 0.29) is 29.2 Å². The Kier molecular flexibility index (Phi) is 6.68. The maximum Gasteiger partial charge on any atom is 0.256 e. The van der Waals surface area contributed by atoms with Gasteiger partial charge in [-0.2, -0.15) is 0 Å². The van der Waals surface area contributed by atoms with Crippen molar-refractivity contribution in [2.75, 3.05) is 62.7 Å². The zero-order valence-electron chi connectivity index (χ0n) is 19.5. The van der Waals surface area contributed by atoms with Crippen molar-refractivity contribution >= 4 is 29.1 Å². The third kappa shape index (κ3) is 5.14. The van der Waals surface area contributed by atoms with E-state index in [1.165, 1.54) is 12.1 Å². The van der Waals surface area contributed by atoms with Crippen LogP contribution in [0.1, 0.15) is 33.6 Å². The molecule has 3 fully saturated rings. The van der Waals surface area contributed by atoms with E-state index in [0.29, 0.717) is 63.7 Å². The monoisotopic (exact) mass is 480 g/mol. The van der Waals surface area contributed by atoms with Gasteiger partial charge in [0.25, 0.3) is 11.8 Å². The fourth-order valence-corrected chi connectivity index (χ4v) is 4.54. The molecule has 2 aromatic carbocycles. The zero-order chi connectivity index (χ0) is 24.4. The molecule has 3 aliphatic rings. The van der Waals surface area contributed by atoms with Gasteiger partial charge in [-0.05, 0) is 43.2 Å². The molecule has 0 unspecified atom stereocenters. The Balaban J connectivity index is 1.34. The lowest BCUT2D eigenvalue weighted by Gasteiger charge is -2.37. The standard InChI is InChI=1S/C26H29FN4O4/c27-22-4-2-1-3-20(22)25(33)30-11-9-29(10-12-30)23-8-7-19(28-24(32)18-5-6-18)17-21(23)26(34)31-13-15-35-16-14-31/h1-4,7-8,17-18H,5-6,9-16H2,(H,28,32). The van der Waals surface area contributed by atoms with E-state index in [1.54, 1.807) is 28.0 Å². The van der Waals surface area contributed by atoms with Crippen LogP contribution in [0.3, 0.4) is 0 Å². The van der Waals surface area contributed by atoms with E-state index in [1.807, 2.05) is 12.1 Å². The SMILES string of the molecule is O=C(Nc1ccc(N2CCN(C(=O)c3ccccc3F)CC2)c(C(=O)N2CCOCC2)c1)C1CC1. The number of ether oxygens (including phenoxy) is 1. The number of hydrogen-bond donors (Lipinski definition) is 1. The lowest BCUT2D eigenvalue weighted by molar-refractivity contribution is -0.117. The minimum absolute atomic E-state index is 0.0113. The molecule has 9 heteroatoms. The molecule has 184 valence electrons. The van der Waals surface area contributed by atoms with Gasteiger partial charge in [0, 0.05) is 56.6 Å². The molecule has 2 saturated heterocycles. The van der Waals surface area contributed by atoms with Gasteiger partial charge in [-0.1, -0.05) is 12.1 Å².